The summed E-state index contributed by atoms with van der Waals surface area (Å²) >= 11 is 0. The highest BCUT2D eigenvalue weighted by Crippen LogP contribution is 2.45. The van der Waals surface area contributed by atoms with Crippen LogP contribution in [0, 0.1) is 0 Å². The highest BCUT2D eigenvalue weighted by atomic mass is 19.3. The lowest BCUT2D eigenvalue weighted by Crippen LogP contribution is -2.30. The zero-order valence-electron chi connectivity index (χ0n) is 18.8. The van der Waals surface area contributed by atoms with Gasteiger partial charge in [-0.2, -0.15) is 4.98 Å². The molecule has 2 aromatic rings. The second-order valence-corrected chi connectivity index (χ2v) is 8.22. The average molecular weight is 446 g/mol. The molecule has 0 saturated heterocycles. The predicted octanol–water partition coefficient (Wildman–Crippen LogP) is 4.08. The Kier molecular flexibility index (Phi) is 6.43. The van der Waals surface area contributed by atoms with E-state index in [1.807, 2.05) is 26.2 Å². The number of ether oxygens (including phenoxy) is 3. The third kappa shape index (κ3) is 4.20. The number of halogens is 2. The lowest BCUT2D eigenvalue weighted by molar-refractivity contribution is 0.0803. The first kappa shape index (κ1) is 22.2. The van der Waals surface area contributed by atoms with Crippen molar-refractivity contribution in [2.75, 3.05) is 39.8 Å². The van der Waals surface area contributed by atoms with Crippen LogP contribution in [0.25, 0.3) is 0 Å². The highest BCUT2D eigenvalue weighted by Gasteiger charge is 2.36. The number of anilines is 1. The van der Waals surface area contributed by atoms with Crippen molar-refractivity contribution < 1.29 is 23.0 Å². The monoisotopic (exact) mass is 446 g/mol. The summed E-state index contributed by atoms with van der Waals surface area (Å²) in [6.07, 6.45) is 3.32. The molecule has 1 saturated carbocycles. The van der Waals surface area contributed by atoms with Gasteiger partial charge in [0.05, 0.1) is 31.5 Å². The first-order valence-corrected chi connectivity index (χ1v) is 10.7. The van der Waals surface area contributed by atoms with Crippen LogP contribution in [0.4, 0.5) is 14.7 Å². The number of hydrogen-bond donors (Lipinski definition) is 0. The molecule has 1 aromatic heterocycles. The number of rotatable bonds is 7. The molecule has 1 aromatic carbocycles. The van der Waals surface area contributed by atoms with Crippen molar-refractivity contribution in [1.82, 2.24) is 9.97 Å². The van der Waals surface area contributed by atoms with Gasteiger partial charge in [0, 0.05) is 31.8 Å². The summed E-state index contributed by atoms with van der Waals surface area (Å²) in [5.74, 6) is 1.88. The Morgan fingerprint density at radius 3 is 2.53 bits per heavy atom. The van der Waals surface area contributed by atoms with Gasteiger partial charge in [0.15, 0.2) is 11.5 Å². The van der Waals surface area contributed by atoms with Gasteiger partial charge >= 0.3 is 0 Å². The van der Waals surface area contributed by atoms with Crippen LogP contribution in [0.5, 0.6) is 17.4 Å². The van der Waals surface area contributed by atoms with E-state index in [9.17, 15) is 8.78 Å². The Morgan fingerprint density at radius 2 is 1.84 bits per heavy atom. The van der Waals surface area contributed by atoms with Crippen molar-refractivity contribution in [1.29, 1.82) is 0 Å². The lowest BCUT2D eigenvalue weighted by Gasteiger charge is -2.36. The number of alkyl halides is 2. The Balaban J connectivity index is 1.86. The van der Waals surface area contributed by atoms with E-state index in [4.69, 9.17) is 19.2 Å². The minimum absolute atomic E-state index is 0.0980. The zero-order chi connectivity index (χ0) is 22.8. The van der Waals surface area contributed by atoms with Crippen molar-refractivity contribution in [2.24, 2.45) is 4.99 Å². The second-order valence-electron chi connectivity index (χ2n) is 8.22. The van der Waals surface area contributed by atoms with Gasteiger partial charge in [-0.05, 0) is 30.5 Å². The quantitative estimate of drug-likeness (QED) is 0.638. The Morgan fingerprint density at radius 1 is 1.06 bits per heavy atom. The van der Waals surface area contributed by atoms with Crippen LogP contribution in [0.2, 0.25) is 0 Å². The molecule has 1 aliphatic carbocycles. The van der Waals surface area contributed by atoms with Crippen LogP contribution < -0.4 is 19.1 Å². The molecule has 172 valence electrons. The summed E-state index contributed by atoms with van der Waals surface area (Å²) in [5.41, 5.74) is 3.31. The third-order valence-electron chi connectivity index (χ3n) is 5.97. The van der Waals surface area contributed by atoms with Gasteiger partial charge < -0.3 is 19.1 Å². The molecule has 2 heterocycles. The molecule has 2 atom stereocenters. The molecule has 0 bridgehead atoms. The van der Waals surface area contributed by atoms with Crippen molar-refractivity contribution >= 4 is 11.7 Å². The highest BCUT2D eigenvalue weighted by molar-refractivity contribution is 6.16. The van der Waals surface area contributed by atoms with Gasteiger partial charge in [0.25, 0.3) is 6.43 Å². The van der Waals surface area contributed by atoms with E-state index in [2.05, 4.69) is 9.97 Å². The van der Waals surface area contributed by atoms with E-state index in [1.165, 1.54) is 7.11 Å². The summed E-state index contributed by atoms with van der Waals surface area (Å²) in [6.45, 7) is -0.683. The normalized spacial score (nSPS) is 19.7. The topological polar surface area (TPSA) is 69.1 Å². The van der Waals surface area contributed by atoms with Gasteiger partial charge in [-0.25, -0.2) is 13.8 Å². The van der Waals surface area contributed by atoms with Crippen molar-refractivity contribution in [2.45, 2.75) is 44.1 Å². The Hall–Kier alpha value is -2.97. The maximum atomic E-state index is 12.8. The van der Waals surface area contributed by atoms with Crippen LogP contribution in [-0.2, 0) is 0 Å². The van der Waals surface area contributed by atoms with E-state index in [-0.39, 0.29) is 12.0 Å². The van der Waals surface area contributed by atoms with E-state index in [0.717, 1.165) is 42.5 Å². The molecule has 2 unspecified atom stereocenters. The van der Waals surface area contributed by atoms with E-state index in [1.54, 1.807) is 18.2 Å². The first-order chi connectivity index (χ1) is 15.4. The van der Waals surface area contributed by atoms with Gasteiger partial charge in [-0.15, -0.1) is 0 Å². The molecule has 0 N–H and O–H groups in total. The number of aromatic nitrogens is 2. The molecule has 32 heavy (non-hydrogen) atoms. The number of hydrogen-bond acceptors (Lipinski definition) is 7. The maximum Gasteiger partial charge on any atom is 0.272 e. The molecule has 4 rings (SSSR count). The molecule has 1 fully saturated rings. The van der Waals surface area contributed by atoms with Gasteiger partial charge in [-0.3, -0.25) is 4.99 Å². The largest absolute Gasteiger partial charge is 0.493 e. The summed E-state index contributed by atoms with van der Waals surface area (Å²) in [4.78, 5) is 15.9. The van der Waals surface area contributed by atoms with E-state index >= 15 is 0 Å². The first-order valence-electron chi connectivity index (χ1n) is 10.7. The fraction of sp³-hybridized carbons (Fsp3) is 0.522. The molecule has 9 heteroatoms. The minimum atomic E-state index is -2.56. The predicted molar refractivity (Wildman–Crippen MR) is 118 cm³/mol. The van der Waals surface area contributed by atoms with Crippen LogP contribution in [0.1, 0.15) is 48.3 Å². The molecular formula is C23H28F2N4O3. The SMILES string of the molecule is COc1cc2c(cc1OCC(F)F)C1CCCCC1N=C2c1cnc(N(C)C)nc1OC. The molecule has 0 spiro atoms. The van der Waals surface area contributed by atoms with Gasteiger partial charge in [-0.1, -0.05) is 12.8 Å². The number of methoxy groups -OCH3 is 2. The van der Waals surface area contributed by atoms with Crippen molar-refractivity contribution in [3.05, 3.63) is 35.0 Å². The second kappa shape index (κ2) is 9.26. The lowest BCUT2D eigenvalue weighted by atomic mass is 9.75. The summed E-state index contributed by atoms with van der Waals surface area (Å²) < 4.78 is 42.1. The minimum Gasteiger partial charge on any atom is -0.493 e. The zero-order valence-corrected chi connectivity index (χ0v) is 18.8. The number of nitrogens with zero attached hydrogens (tertiary/aromatic N) is 4. The standard InChI is InChI=1S/C23H28F2N4O3/c1-29(2)23-26-11-16(22(28-23)31-4)21-15-10-18(30-3)19(32-12-20(24)25)9-14(15)13-7-5-6-8-17(13)27-21/h9-11,13,17,20H,5-8,12H2,1-4H3. The molecule has 7 nitrogen and oxygen atoms in total. The van der Waals surface area contributed by atoms with Gasteiger partial charge in [0.2, 0.25) is 11.8 Å². The van der Waals surface area contributed by atoms with Crippen LogP contribution in [0.3, 0.4) is 0 Å². The van der Waals surface area contributed by atoms with E-state index < -0.39 is 13.0 Å². The Bertz CT molecular complexity index is 1010. The van der Waals surface area contributed by atoms with Crippen LogP contribution in [-0.4, -0.2) is 63.1 Å². The van der Waals surface area contributed by atoms with E-state index in [0.29, 0.717) is 28.9 Å². The number of fused-ring (bicyclic) bond motifs is 3. The summed E-state index contributed by atoms with van der Waals surface area (Å²) in [7, 11) is 6.79. The number of aliphatic imine (C=N–C) groups is 1. The van der Waals surface area contributed by atoms with Crippen molar-refractivity contribution in [3.63, 3.8) is 0 Å². The fourth-order valence-electron chi connectivity index (χ4n) is 4.48. The number of benzene rings is 1. The molecule has 2 aliphatic rings. The molecule has 0 amide bonds. The van der Waals surface area contributed by atoms with Crippen molar-refractivity contribution in [3.8, 4) is 17.4 Å². The molecular weight excluding hydrogens is 418 g/mol. The fourth-order valence-corrected chi connectivity index (χ4v) is 4.48. The molecule has 1 aliphatic heterocycles. The average Bonchev–Trinajstić information content (AvgIpc) is 2.81. The summed E-state index contributed by atoms with van der Waals surface area (Å²) in [5, 5.41) is 0. The van der Waals surface area contributed by atoms with Crippen LogP contribution in [0.15, 0.2) is 23.3 Å². The maximum absolute atomic E-state index is 12.8. The Labute approximate surface area is 186 Å². The van der Waals surface area contributed by atoms with Crippen LogP contribution >= 0.6 is 0 Å². The van der Waals surface area contributed by atoms with Gasteiger partial charge in [0.1, 0.15) is 6.61 Å². The third-order valence-corrected chi connectivity index (χ3v) is 5.97. The summed E-state index contributed by atoms with van der Waals surface area (Å²) in [6, 6.07) is 3.76. The smallest absolute Gasteiger partial charge is 0.272 e. The molecule has 0 radical (unpaired) electrons.